The van der Waals surface area contributed by atoms with Gasteiger partial charge in [-0.2, -0.15) is 0 Å². The molecule has 8 rings (SSSR count). The van der Waals surface area contributed by atoms with Crippen molar-refractivity contribution >= 4 is 60.5 Å². The number of hydrogen-bond donors (Lipinski definition) is 0. The summed E-state index contributed by atoms with van der Waals surface area (Å²) < 4.78 is 0. The van der Waals surface area contributed by atoms with Gasteiger partial charge in [0, 0.05) is 38.7 Å². The highest BCUT2D eigenvalue weighted by molar-refractivity contribution is 6.13. The van der Waals surface area contributed by atoms with E-state index in [4.69, 9.17) is 9.97 Å². The van der Waals surface area contributed by atoms with Gasteiger partial charge in [-0.15, -0.1) is 0 Å². The van der Waals surface area contributed by atoms with Gasteiger partial charge in [-0.3, -0.25) is 4.98 Å². The van der Waals surface area contributed by atoms with E-state index in [1.165, 1.54) is 33.5 Å². The monoisotopic (exact) mass is 553 g/mol. The number of pyridine rings is 3. The normalized spacial score (nSPS) is 11.5. The van der Waals surface area contributed by atoms with E-state index in [0.29, 0.717) is 0 Å². The predicted octanol–water partition coefficient (Wildman–Crippen LogP) is 10.8. The third-order valence-corrected chi connectivity index (χ3v) is 7.87. The van der Waals surface area contributed by atoms with Crippen LogP contribution in [0, 0.1) is 0 Å². The number of rotatable bonds is 4. The number of unbranched alkanes of at least 4 members (excludes halogenated alkanes) is 1. The van der Waals surface area contributed by atoms with Crippen LogP contribution in [0.5, 0.6) is 0 Å². The minimum absolute atomic E-state index is 0.988. The van der Waals surface area contributed by atoms with E-state index >= 15 is 0 Å². The average Bonchev–Trinajstić information content (AvgIpc) is 3.07. The number of benzene rings is 5. The molecule has 0 aliphatic rings. The van der Waals surface area contributed by atoms with Crippen molar-refractivity contribution in [2.75, 3.05) is 0 Å². The van der Waals surface area contributed by atoms with Crippen molar-refractivity contribution in [3.05, 3.63) is 145 Å². The number of hydrogen-bond acceptors (Lipinski definition) is 3. The van der Waals surface area contributed by atoms with Gasteiger partial charge in [-0.25, -0.2) is 9.97 Å². The average molecular weight is 554 g/mol. The minimum atomic E-state index is 0.988. The van der Waals surface area contributed by atoms with Gasteiger partial charge in [0.05, 0.1) is 27.8 Å². The molecule has 0 aliphatic heterocycles. The molecule has 3 heteroatoms. The molecule has 0 atom stereocenters. The zero-order valence-electron chi connectivity index (χ0n) is 24.1. The maximum atomic E-state index is 4.96. The molecule has 0 saturated heterocycles. The Hall–Kier alpha value is -5.41. The van der Waals surface area contributed by atoms with Crippen LogP contribution in [0.2, 0.25) is 0 Å². The van der Waals surface area contributed by atoms with E-state index < -0.39 is 0 Å². The molecule has 0 aliphatic carbocycles. The van der Waals surface area contributed by atoms with E-state index in [1.807, 2.05) is 60.8 Å². The summed E-state index contributed by atoms with van der Waals surface area (Å²) in [5.41, 5.74) is 7.60. The molecule has 43 heavy (non-hydrogen) atoms. The summed E-state index contributed by atoms with van der Waals surface area (Å²) in [7, 11) is 0. The highest BCUT2D eigenvalue weighted by Crippen LogP contribution is 2.34. The summed E-state index contributed by atoms with van der Waals surface area (Å²) in [5.74, 6) is 0. The maximum Gasteiger partial charge on any atom is 0.0794 e. The number of aromatic nitrogens is 3. The molecule has 0 radical (unpaired) electrons. The van der Waals surface area contributed by atoms with Crippen molar-refractivity contribution in [3.8, 4) is 11.3 Å². The van der Waals surface area contributed by atoms with Crippen molar-refractivity contribution in [1.82, 2.24) is 15.0 Å². The fourth-order valence-corrected chi connectivity index (χ4v) is 5.83. The molecule has 3 heterocycles. The third-order valence-electron chi connectivity index (χ3n) is 7.87. The van der Waals surface area contributed by atoms with Gasteiger partial charge in [0.15, 0.2) is 0 Å². The summed E-state index contributed by atoms with van der Waals surface area (Å²) in [5, 5.41) is 7.21. The molecular weight excluding hydrogens is 522 g/mol. The standard InChI is InChI=1S/C22H19N.C18H12N2/c1-2-3-4-11-18-19-12-7-8-13-21(19)23-22-17-10-6-5-9-16(17)14-15-20(18)22;1-3-9-15-13(7-1)18(17-11-5-6-12-19-17)14-8-2-4-10-16(14)20-15/h4-15H,2-3H2,1H3;1-12H. The molecule has 5 aromatic carbocycles. The lowest BCUT2D eigenvalue weighted by Crippen LogP contribution is -1.90. The van der Waals surface area contributed by atoms with E-state index in [-0.39, 0.29) is 0 Å². The summed E-state index contributed by atoms with van der Waals surface area (Å²) >= 11 is 0. The van der Waals surface area contributed by atoms with E-state index in [2.05, 4.69) is 96.9 Å². The first-order chi connectivity index (χ1) is 21.3. The second kappa shape index (κ2) is 11.8. The summed E-state index contributed by atoms with van der Waals surface area (Å²) in [6, 6.07) is 43.8. The zero-order valence-corrected chi connectivity index (χ0v) is 24.1. The summed E-state index contributed by atoms with van der Waals surface area (Å²) in [4.78, 5) is 14.2. The molecule has 0 N–H and O–H groups in total. The SMILES string of the molecule is CCCC=Cc1c2ccccc2nc2c1ccc1ccccc12.c1ccc(-c2c3ccccc3nc3ccccc23)nc1. The Morgan fingerprint density at radius 2 is 1.14 bits per heavy atom. The van der Waals surface area contributed by atoms with Gasteiger partial charge in [-0.05, 0) is 47.7 Å². The number of nitrogens with zero attached hydrogens (tertiary/aromatic N) is 3. The molecule has 206 valence electrons. The van der Waals surface area contributed by atoms with Crippen molar-refractivity contribution in [1.29, 1.82) is 0 Å². The minimum Gasteiger partial charge on any atom is -0.256 e. The molecule has 0 fully saturated rings. The largest absolute Gasteiger partial charge is 0.256 e. The van der Waals surface area contributed by atoms with Gasteiger partial charge < -0.3 is 0 Å². The molecule has 0 bridgehead atoms. The first kappa shape index (κ1) is 26.5. The van der Waals surface area contributed by atoms with Crippen molar-refractivity contribution in [2.24, 2.45) is 0 Å². The molecule has 0 spiro atoms. The van der Waals surface area contributed by atoms with Gasteiger partial charge in [0.25, 0.3) is 0 Å². The fraction of sp³-hybridized carbons (Fsp3) is 0.0750. The maximum absolute atomic E-state index is 4.96. The third kappa shape index (κ3) is 5.11. The fourth-order valence-electron chi connectivity index (χ4n) is 5.83. The van der Waals surface area contributed by atoms with Gasteiger partial charge in [-0.1, -0.05) is 123 Å². The predicted molar refractivity (Wildman–Crippen MR) is 183 cm³/mol. The van der Waals surface area contributed by atoms with Crippen LogP contribution in [-0.4, -0.2) is 15.0 Å². The number of para-hydroxylation sites is 3. The Bertz CT molecular complexity index is 2200. The van der Waals surface area contributed by atoms with Crippen molar-refractivity contribution in [2.45, 2.75) is 19.8 Å². The van der Waals surface area contributed by atoms with E-state index in [0.717, 1.165) is 50.5 Å². The highest BCUT2D eigenvalue weighted by atomic mass is 14.7. The molecule has 0 saturated carbocycles. The topological polar surface area (TPSA) is 38.7 Å². The van der Waals surface area contributed by atoms with Crippen LogP contribution >= 0.6 is 0 Å². The Kier molecular flexibility index (Phi) is 7.29. The second-order valence-corrected chi connectivity index (χ2v) is 10.7. The lowest BCUT2D eigenvalue weighted by atomic mass is 9.98. The summed E-state index contributed by atoms with van der Waals surface area (Å²) in [6.45, 7) is 2.21. The highest BCUT2D eigenvalue weighted by Gasteiger charge is 2.11. The van der Waals surface area contributed by atoms with Crippen LogP contribution in [0.15, 0.2) is 140 Å². The van der Waals surface area contributed by atoms with Crippen LogP contribution < -0.4 is 0 Å². The lowest BCUT2D eigenvalue weighted by molar-refractivity contribution is 0.962. The summed E-state index contributed by atoms with van der Waals surface area (Å²) in [6.07, 6.45) is 8.65. The number of fused-ring (bicyclic) bond motifs is 6. The van der Waals surface area contributed by atoms with Crippen molar-refractivity contribution < 1.29 is 0 Å². The van der Waals surface area contributed by atoms with Crippen molar-refractivity contribution in [3.63, 3.8) is 0 Å². The quantitative estimate of drug-likeness (QED) is 0.161. The van der Waals surface area contributed by atoms with Crippen LogP contribution in [0.1, 0.15) is 25.3 Å². The van der Waals surface area contributed by atoms with Gasteiger partial charge >= 0.3 is 0 Å². The van der Waals surface area contributed by atoms with E-state index in [1.54, 1.807) is 0 Å². The Balaban J connectivity index is 0.000000141. The molecule has 0 unspecified atom stereocenters. The molecule has 3 aromatic heterocycles. The molecular formula is C40H31N3. The first-order valence-corrected chi connectivity index (χ1v) is 14.9. The zero-order chi connectivity index (χ0) is 29.0. The van der Waals surface area contributed by atoms with Gasteiger partial charge in [0.2, 0.25) is 0 Å². The van der Waals surface area contributed by atoms with Crippen LogP contribution in [0.3, 0.4) is 0 Å². The van der Waals surface area contributed by atoms with Crippen LogP contribution in [0.4, 0.5) is 0 Å². The molecule has 8 aromatic rings. The Morgan fingerprint density at radius 3 is 1.81 bits per heavy atom. The second-order valence-electron chi connectivity index (χ2n) is 10.7. The smallest absolute Gasteiger partial charge is 0.0794 e. The van der Waals surface area contributed by atoms with Gasteiger partial charge in [0.1, 0.15) is 0 Å². The van der Waals surface area contributed by atoms with Crippen LogP contribution in [-0.2, 0) is 0 Å². The number of allylic oxidation sites excluding steroid dienone is 1. The first-order valence-electron chi connectivity index (χ1n) is 14.9. The van der Waals surface area contributed by atoms with E-state index in [9.17, 15) is 0 Å². The molecule has 3 nitrogen and oxygen atoms in total. The van der Waals surface area contributed by atoms with Crippen LogP contribution in [0.25, 0.3) is 71.7 Å². The Morgan fingerprint density at radius 1 is 0.535 bits per heavy atom. The Labute approximate surface area is 251 Å². The molecule has 0 amide bonds. The lowest BCUT2D eigenvalue weighted by Gasteiger charge is -2.10.